The van der Waals surface area contributed by atoms with Gasteiger partial charge in [-0.1, -0.05) is 57.0 Å². The number of benzene rings is 2. The molecule has 1 saturated heterocycles. The van der Waals surface area contributed by atoms with Gasteiger partial charge in [0.2, 0.25) is 0 Å². The van der Waals surface area contributed by atoms with Crippen LogP contribution in [0.15, 0.2) is 67.1 Å². The average Bonchev–Trinajstić information content (AvgIpc) is 3.46. The molecule has 4 unspecified atom stereocenters. The van der Waals surface area contributed by atoms with Crippen molar-refractivity contribution in [2.24, 2.45) is 0 Å². The Labute approximate surface area is 218 Å². The number of aliphatic hydroxyl groups excluding tert-OH is 1. The van der Waals surface area contributed by atoms with E-state index < -0.39 is 0 Å². The topological polar surface area (TPSA) is 84.7 Å². The molecule has 0 saturated carbocycles. The number of hydrogen-bond acceptors (Lipinski definition) is 6. The molecule has 1 aliphatic rings. The fourth-order valence-corrected chi connectivity index (χ4v) is 5.20. The summed E-state index contributed by atoms with van der Waals surface area (Å²) in [6.45, 7) is 4.25. The largest absolute Gasteiger partial charge is 0.496 e. The first-order chi connectivity index (χ1) is 18.1. The van der Waals surface area contributed by atoms with E-state index in [1.807, 2.05) is 30.6 Å². The number of methoxy groups -OCH3 is 1. The van der Waals surface area contributed by atoms with Gasteiger partial charge in [0.05, 0.1) is 13.2 Å². The van der Waals surface area contributed by atoms with E-state index in [0.717, 1.165) is 65.6 Å². The summed E-state index contributed by atoms with van der Waals surface area (Å²) >= 11 is 0. The molecule has 5 rings (SSSR count). The number of ether oxygens (including phenoxy) is 2. The maximum atomic E-state index is 10.6. The van der Waals surface area contributed by atoms with Gasteiger partial charge in [-0.2, -0.15) is 5.10 Å². The lowest BCUT2D eigenvalue weighted by Crippen LogP contribution is -2.41. The van der Waals surface area contributed by atoms with Crippen LogP contribution in [0.4, 0.5) is 0 Å². The predicted octanol–water partition coefficient (Wildman–Crippen LogP) is 5.34. The summed E-state index contributed by atoms with van der Waals surface area (Å²) in [6.07, 6.45) is 9.31. The third kappa shape index (κ3) is 5.54. The number of hydrogen-bond donors (Lipinski definition) is 2. The van der Waals surface area contributed by atoms with Gasteiger partial charge in [-0.25, -0.2) is 9.67 Å². The van der Waals surface area contributed by atoms with Gasteiger partial charge in [0.25, 0.3) is 0 Å². The van der Waals surface area contributed by atoms with Gasteiger partial charge >= 0.3 is 0 Å². The number of aromatic nitrogens is 3. The second-order valence-corrected chi connectivity index (χ2v) is 9.75. The lowest BCUT2D eigenvalue weighted by Gasteiger charge is -2.23. The van der Waals surface area contributed by atoms with E-state index in [2.05, 4.69) is 59.6 Å². The molecule has 4 aromatic rings. The number of aliphatic hydroxyl groups is 1. The van der Waals surface area contributed by atoms with Crippen LogP contribution < -0.4 is 10.1 Å². The van der Waals surface area contributed by atoms with E-state index in [4.69, 9.17) is 9.47 Å². The zero-order chi connectivity index (χ0) is 25.8. The third-order valence-electron chi connectivity index (χ3n) is 7.08. The highest BCUT2D eigenvalue weighted by molar-refractivity contribution is 5.93. The number of fused-ring (bicyclic) bond motifs is 1. The summed E-state index contributed by atoms with van der Waals surface area (Å²) in [6, 6.07) is 16.6. The van der Waals surface area contributed by atoms with E-state index in [0.29, 0.717) is 0 Å². The summed E-state index contributed by atoms with van der Waals surface area (Å²) in [7, 11) is 1.72. The van der Waals surface area contributed by atoms with Crippen molar-refractivity contribution in [3.63, 3.8) is 0 Å². The minimum Gasteiger partial charge on any atom is -0.496 e. The van der Waals surface area contributed by atoms with Crippen LogP contribution in [0.2, 0.25) is 0 Å². The molecule has 0 bridgehead atoms. The van der Waals surface area contributed by atoms with Crippen molar-refractivity contribution < 1.29 is 14.6 Å². The Morgan fingerprint density at radius 3 is 2.57 bits per heavy atom. The van der Waals surface area contributed by atoms with Gasteiger partial charge in [0, 0.05) is 35.6 Å². The molecule has 0 radical (unpaired) electrons. The monoisotopic (exact) mass is 500 g/mol. The Morgan fingerprint density at radius 2 is 1.89 bits per heavy atom. The van der Waals surface area contributed by atoms with Gasteiger partial charge in [0.15, 0.2) is 5.82 Å². The SMILES string of the molecule is CCCC(O)C(CCC)NC1OC1c1cc(Cc2ccc(-n3cccn3)nc2)c2ccccc2c1OC. The maximum absolute atomic E-state index is 10.6. The third-order valence-corrected chi connectivity index (χ3v) is 7.08. The molecular formula is C30H36N4O3. The van der Waals surface area contributed by atoms with E-state index in [1.54, 1.807) is 18.0 Å². The van der Waals surface area contributed by atoms with Crippen molar-refractivity contribution in [1.82, 2.24) is 20.1 Å². The highest BCUT2D eigenvalue weighted by Gasteiger charge is 2.44. The van der Waals surface area contributed by atoms with Crippen molar-refractivity contribution in [2.45, 2.75) is 70.4 Å². The van der Waals surface area contributed by atoms with Gasteiger partial charge in [-0.3, -0.25) is 5.32 Å². The summed E-state index contributed by atoms with van der Waals surface area (Å²) in [5.41, 5.74) is 3.36. The fraction of sp³-hybridized carbons (Fsp3) is 0.400. The van der Waals surface area contributed by atoms with E-state index >= 15 is 0 Å². The van der Waals surface area contributed by atoms with Gasteiger partial charge in [0.1, 0.15) is 18.1 Å². The van der Waals surface area contributed by atoms with Gasteiger partial charge in [-0.15, -0.1) is 0 Å². The molecule has 7 nitrogen and oxygen atoms in total. The maximum Gasteiger partial charge on any atom is 0.153 e. The quantitative estimate of drug-likeness (QED) is 0.256. The number of nitrogens with zero attached hydrogens (tertiary/aromatic N) is 3. The molecule has 7 heteroatoms. The first-order valence-electron chi connectivity index (χ1n) is 13.3. The Bertz CT molecular complexity index is 1310. The van der Waals surface area contributed by atoms with Gasteiger partial charge in [-0.05, 0) is 54.0 Å². The molecule has 0 amide bonds. The van der Waals surface area contributed by atoms with Crippen molar-refractivity contribution >= 4 is 10.8 Å². The minimum absolute atomic E-state index is 0.0187. The molecular weight excluding hydrogens is 464 g/mol. The number of epoxide rings is 1. The van der Waals surface area contributed by atoms with Crippen LogP contribution in [0, 0.1) is 0 Å². The van der Waals surface area contributed by atoms with Crippen LogP contribution >= 0.6 is 0 Å². The minimum atomic E-state index is -0.374. The molecule has 3 heterocycles. The normalized spacial score (nSPS) is 18.6. The summed E-state index contributed by atoms with van der Waals surface area (Å²) in [5, 5.41) is 20.7. The molecule has 2 aromatic carbocycles. The Morgan fingerprint density at radius 1 is 1.08 bits per heavy atom. The van der Waals surface area contributed by atoms with Crippen LogP contribution in [-0.4, -0.2) is 45.4 Å². The summed E-state index contributed by atoms with van der Waals surface area (Å²) < 4.78 is 13.8. The first-order valence-corrected chi connectivity index (χ1v) is 13.3. The summed E-state index contributed by atoms with van der Waals surface area (Å²) in [4.78, 5) is 4.61. The van der Waals surface area contributed by atoms with E-state index in [-0.39, 0.29) is 24.5 Å². The fourth-order valence-electron chi connectivity index (χ4n) is 5.20. The van der Waals surface area contributed by atoms with E-state index in [1.165, 1.54) is 5.56 Å². The highest BCUT2D eigenvalue weighted by atomic mass is 16.6. The Kier molecular flexibility index (Phi) is 7.84. The van der Waals surface area contributed by atoms with Crippen LogP contribution in [-0.2, 0) is 11.2 Å². The number of pyridine rings is 1. The zero-order valence-corrected chi connectivity index (χ0v) is 21.8. The summed E-state index contributed by atoms with van der Waals surface area (Å²) in [5.74, 6) is 1.64. The van der Waals surface area contributed by atoms with Crippen LogP contribution in [0.3, 0.4) is 0 Å². The zero-order valence-electron chi connectivity index (χ0n) is 21.8. The first kappa shape index (κ1) is 25.4. The molecule has 0 aliphatic carbocycles. The van der Waals surface area contributed by atoms with Crippen molar-refractivity contribution in [1.29, 1.82) is 0 Å². The molecule has 1 fully saturated rings. The molecule has 4 atom stereocenters. The van der Waals surface area contributed by atoms with Gasteiger partial charge < -0.3 is 14.6 Å². The molecule has 2 N–H and O–H groups in total. The smallest absolute Gasteiger partial charge is 0.153 e. The van der Waals surface area contributed by atoms with Crippen LogP contribution in [0.1, 0.15) is 62.3 Å². The van der Waals surface area contributed by atoms with Crippen molar-refractivity contribution in [2.75, 3.05) is 7.11 Å². The standard InChI is InChI=1S/C30H36N4O3/c1-4-9-25(26(35)10-5-2)33-30-29(37-30)24-18-21(22-11-6-7-12-23(22)28(24)36-3)17-20-13-14-27(31-19-20)34-16-8-15-32-34/h6-8,11-16,18-19,25-26,29-30,33,35H,4-5,9-10,17H2,1-3H3. The number of nitrogens with one attached hydrogen (secondary N) is 1. The molecule has 0 spiro atoms. The van der Waals surface area contributed by atoms with Crippen LogP contribution in [0.5, 0.6) is 5.75 Å². The van der Waals surface area contributed by atoms with Crippen molar-refractivity contribution in [3.8, 4) is 11.6 Å². The highest BCUT2D eigenvalue weighted by Crippen LogP contribution is 2.46. The lowest BCUT2D eigenvalue weighted by atomic mass is 9.94. The second kappa shape index (κ2) is 11.4. The number of rotatable bonds is 12. The molecule has 194 valence electrons. The molecule has 2 aromatic heterocycles. The Balaban J connectivity index is 1.42. The molecule has 1 aliphatic heterocycles. The lowest BCUT2D eigenvalue weighted by molar-refractivity contribution is 0.105. The molecule has 37 heavy (non-hydrogen) atoms. The average molecular weight is 501 g/mol. The predicted molar refractivity (Wildman–Crippen MR) is 145 cm³/mol. The Hall–Kier alpha value is -3.26. The van der Waals surface area contributed by atoms with Crippen molar-refractivity contribution in [3.05, 3.63) is 83.8 Å². The van der Waals surface area contributed by atoms with E-state index in [9.17, 15) is 5.11 Å². The van der Waals surface area contributed by atoms with Crippen LogP contribution in [0.25, 0.3) is 16.6 Å². The second-order valence-electron chi connectivity index (χ2n) is 9.75.